The summed E-state index contributed by atoms with van der Waals surface area (Å²) in [6, 6.07) is 1.65. The highest BCUT2D eigenvalue weighted by atomic mass is 35.5. The number of furan rings is 1. The Morgan fingerprint density at radius 1 is 1.63 bits per heavy atom. The van der Waals surface area contributed by atoms with Crippen LogP contribution in [0.5, 0.6) is 0 Å². The van der Waals surface area contributed by atoms with E-state index >= 15 is 0 Å². The minimum atomic E-state index is -0.0221. The van der Waals surface area contributed by atoms with E-state index in [1.54, 1.807) is 6.07 Å². The summed E-state index contributed by atoms with van der Waals surface area (Å²) in [6.45, 7) is 5.72. The molecule has 0 radical (unpaired) electrons. The molecule has 2 rings (SSSR count). The van der Waals surface area contributed by atoms with Crippen LogP contribution in [0.2, 0.25) is 5.22 Å². The number of hydrogen-bond donors (Lipinski definition) is 1. The first-order chi connectivity index (χ1) is 9.22. The molecule has 1 aliphatic rings. The van der Waals surface area contributed by atoms with Gasteiger partial charge in [-0.05, 0) is 55.9 Å². The van der Waals surface area contributed by atoms with E-state index < -0.39 is 0 Å². The topological polar surface area (TPSA) is 45.5 Å². The second kappa shape index (κ2) is 6.96. The first kappa shape index (κ1) is 14.4. The van der Waals surface area contributed by atoms with Crippen molar-refractivity contribution in [2.75, 3.05) is 26.2 Å². The summed E-state index contributed by atoms with van der Waals surface area (Å²) in [5, 5.41) is 3.57. The van der Waals surface area contributed by atoms with Gasteiger partial charge in [-0.3, -0.25) is 4.79 Å². The van der Waals surface area contributed by atoms with Crippen LogP contribution in [0.3, 0.4) is 0 Å². The van der Waals surface area contributed by atoms with Crippen LogP contribution in [0.15, 0.2) is 16.7 Å². The summed E-state index contributed by atoms with van der Waals surface area (Å²) in [4.78, 5) is 14.3. The second-order valence-corrected chi connectivity index (χ2v) is 5.41. The molecule has 1 amide bonds. The van der Waals surface area contributed by atoms with Gasteiger partial charge in [0.05, 0.1) is 11.8 Å². The summed E-state index contributed by atoms with van der Waals surface area (Å²) in [7, 11) is 0. The number of halogens is 1. The molecule has 106 valence electrons. The van der Waals surface area contributed by atoms with Crippen molar-refractivity contribution < 1.29 is 9.21 Å². The van der Waals surface area contributed by atoms with E-state index in [1.165, 1.54) is 19.1 Å². The zero-order chi connectivity index (χ0) is 13.7. The number of nitrogens with zero attached hydrogens (tertiary/aromatic N) is 1. The molecule has 0 aromatic carbocycles. The molecule has 4 nitrogen and oxygen atoms in total. The Morgan fingerprint density at radius 3 is 3.05 bits per heavy atom. The van der Waals surface area contributed by atoms with Crippen molar-refractivity contribution in [3.8, 4) is 0 Å². The van der Waals surface area contributed by atoms with Crippen molar-refractivity contribution >= 4 is 17.5 Å². The number of carbonyl (C=O) groups excluding carboxylic acids is 1. The van der Waals surface area contributed by atoms with Gasteiger partial charge in [0.1, 0.15) is 0 Å². The predicted molar refractivity (Wildman–Crippen MR) is 75.5 cm³/mol. The Kier molecular flexibility index (Phi) is 5.28. The van der Waals surface area contributed by atoms with Gasteiger partial charge in [0.2, 0.25) is 5.22 Å². The molecule has 19 heavy (non-hydrogen) atoms. The molecule has 5 heteroatoms. The molecule has 1 saturated heterocycles. The number of piperidine rings is 1. The molecule has 0 aliphatic carbocycles. The number of rotatable bonds is 5. The normalized spacial score (nSPS) is 19.4. The summed E-state index contributed by atoms with van der Waals surface area (Å²) in [6.07, 6.45) is 4.77. The molecule has 1 aromatic heterocycles. The van der Waals surface area contributed by atoms with Crippen LogP contribution in [0.1, 0.15) is 36.5 Å². The Morgan fingerprint density at radius 2 is 2.47 bits per heavy atom. The largest absolute Gasteiger partial charge is 0.452 e. The maximum absolute atomic E-state index is 12.5. The van der Waals surface area contributed by atoms with Gasteiger partial charge in [0.15, 0.2) is 0 Å². The smallest absolute Gasteiger partial charge is 0.258 e. The van der Waals surface area contributed by atoms with Crippen molar-refractivity contribution in [1.29, 1.82) is 0 Å². The number of amides is 1. The molecule has 0 saturated carbocycles. The lowest BCUT2D eigenvalue weighted by atomic mass is 9.99. The minimum absolute atomic E-state index is 0.0221. The monoisotopic (exact) mass is 284 g/mol. The minimum Gasteiger partial charge on any atom is -0.452 e. The average Bonchev–Trinajstić information content (AvgIpc) is 2.85. The van der Waals surface area contributed by atoms with E-state index in [4.69, 9.17) is 16.0 Å². The maximum Gasteiger partial charge on any atom is 0.258 e. The lowest BCUT2D eigenvalue weighted by molar-refractivity contribution is 0.0718. The first-order valence-corrected chi connectivity index (χ1v) is 7.33. The van der Waals surface area contributed by atoms with Gasteiger partial charge in [-0.15, -0.1) is 0 Å². The van der Waals surface area contributed by atoms with Crippen molar-refractivity contribution in [2.24, 2.45) is 5.92 Å². The fourth-order valence-electron chi connectivity index (χ4n) is 2.55. The van der Waals surface area contributed by atoms with Crippen LogP contribution >= 0.6 is 11.6 Å². The highest BCUT2D eigenvalue weighted by Crippen LogP contribution is 2.20. The van der Waals surface area contributed by atoms with Crippen LogP contribution in [0, 0.1) is 5.92 Å². The Balaban J connectivity index is 2.02. The van der Waals surface area contributed by atoms with E-state index in [0.29, 0.717) is 11.5 Å². The van der Waals surface area contributed by atoms with Gasteiger partial charge in [-0.2, -0.15) is 0 Å². The van der Waals surface area contributed by atoms with Gasteiger partial charge < -0.3 is 14.6 Å². The van der Waals surface area contributed by atoms with Gasteiger partial charge >= 0.3 is 0 Å². The second-order valence-electron chi connectivity index (χ2n) is 5.07. The van der Waals surface area contributed by atoms with Gasteiger partial charge in [-0.1, -0.05) is 6.92 Å². The SMILES string of the molecule is CCCN(CC1CCCNC1)C(=O)c1ccoc1Cl. The van der Waals surface area contributed by atoms with E-state index in [-0.39, 0.29) is 11.1 Å². The summed E-state index contributed by atoms with van der Waals surface area (Å²) in [5.41, 5.74) is 0.471. The number of nitrogens with one attached hydrogen (secondary N) is 1. The fraction of sp³-hybridized carbons (Fsp3) is 0.643. The number of carbonyl (C=O) groups is 1. The highest BCUT2D eigenvalue weighted by Gasteiger charge is 2.23. The summed E-state index contributed by atoms with van der Waals surface area (Å²) < 4.78 is 5.01. The lowest BCUT2D eigenvalue weighted by Crippen LogP contribution is -2.41. The molecule has 1 atom stereocenters. The summed E-state index contributed by atoms with van der Waals surface area (Å²) >= 11 is 5.90. The molecule has 1 N–H and O–H groups in total. The zero-order valence-corrected chi connectivity index (χ0v) is 12.1. The quantitative estimate of drug-likeness (QED) is 0.904. The van der Waals surface area contributed by atoms with Crippen molar-refractivity contribution in [3.63, 3.8) is 0 Å². The van der Waals surface area contributed by atoms with Gasteiger partial charge in [0.25, 0.3) is 5.91 Å². The fourth-order valence-corrected chi connectivity index (χ4v) is 2.75. The summed E-state index contributed by atoms with van der Waals surface area (Å²) in [5.74, 6) is 0.515. The van der Waals surface area contributed by atoms with Crippen LogP contribution in [0.25, 0.3) is 0 Å². The van der Waals surface area contributed by atoms with Gasteiger partial charge in [0, 0.05) is 13.1 Å². The lowest BCUT2D eigenvalue weighted by Gasteiger charge is -2.30. The zero-order valence-electron chi connectivity index (χ0n) is 11.3. The third kappa shape index (κ3) is 3.74. The van der Waals surface area contributed by atoms with Crippen molar-refractivity contribution in [1.82, 2.24) is 10.2 Å². The van der Waals surface area contributed by atoms with Gasteiger partial charge in [-0.25, -0.2) is 0 Å². The molecular weight excluding hydrogens is 264 g/mol. The molecule has 0 spiro atoms. The first-order valence-electron chi connectivity index (χ1n) is 6.95. The predicted octanol–water partition coefficient (Wildman–Crippen LogP) is 2.78. The van der Waals surface area contributed by atoms with E-state index in [0.717, 1.165) is 32.6 Å². The highest BCUT2D eigenvalue weighted by molar-refractivity contribution is 6.32. The third-order valence-electron chi connectivity index (χ3n) is 3.51. The van der Waals surface area contributed by atoms with Crippen LogP contribution in [0.4, 0.5) is 0 Å². The maximum atomic E-state index is 12.5. The molecule has 0 bridgehead atoms. The Bertz CT molecular complexity index is 413. The standard InChI is InChI=1S/C14H21ClN2O2/c1-2-7-17(10-11-4-3-6-16-9-11)14(18)12-5-8-19-13(12)15/h5,8,11,16H,2-4,6-7,9-10H2,1H3. The Labute approximate surface area is 119 Å². The molecule has 1 aliphatic heterocycles. The van der Waals surface area contributed by atoms with Crippen molar-refractivity contribution in [3.05, 3.63) is 23.1 Å². The van der Waals surface area contributed by atoms with E-state index in [2.05, 4.69) is 12.2 Å². The molecule has 1 aromatic rings. The molecule has 2 heterocycles. The van der Waals surface area contributed by atoms with Crippen LogP contribution < -0.4 is 5.32 Å². The Hall–Kier alpha value is -1.00. The van der Waals surface area contributed by atoms with Crippen molar-refractivity contribution in [2.45, 2.75) is 26.2 Å². The van der Waals surface area contributed by atoms with Crippen LogP contribution in [-0.4, -0.2) is 37.0 Å². The molecular formula is C14H21ClN2O2. The third-order valence-corrected chi connectivity index (χ3v) is 3.80. The van der Waals surface area contributed by atoms with E-state index in [1.807, 2.05) is 4.90 Å². The molecule has 1 fully saturated rings. The number of hydrogen-bond acceptors (Lipinski definition) is 3. The average molecular weight is 285 g/mol. The molecule has 1 unspecified atom stereocenters. The van der Waals surface area contributed by atoms with E-state index in [9.17, 15) is 4.79 Å². The van der Waals surface area contributed by atoms with Crippen LogP contribution in [-0.2, 0) is 0 Å².